The van der Waals surface area contributed by atoms with E-state index >= 15 is 0 Å². The van der Waals surface area contributed by atoms with Gasteiger partial charge in [-0.15, -0.1) is 10.2 Å². The van der Waals surface area contributed by atoms with Crippen molar-refractivity contribution in [1.82, 2.24) is 10.2 Å². The highest BCUT2D eigenvalue weighted by atomic mass is 32.1. The fraction of sp³-hybridized carbons (Fsp3) is 0.818. The number of nitrogen functional groups attached to an aromatic ring is 1. The Hall–Kier alpha value is -0.640. The average Bonchev–Trinajstić information content (AvgIpc) is 2.73. The van der Waals surface area contributed by atoms with Gasteiger partial charge in [-0.25, -0.2) is 0 Å². The van der Waals surface area contributed by atoms with Crippen molar-refractivity contribution in [3.63, 3.8) is 0 Å². The molecule has 0 aliphatic heterocycles. The van der Waals surface area contributed by atoms with Crippen LogP contribution in [0.1, 0.15) is 51.0 Å². The maximum atomic E-state index is 5.68. The molecule has 1 aromatic heterocycles. The van der Waals surface area contributed by atoms with Crippen LogP contribution in [0, 0.1) is 5.92 Å². The Bertz CT molecular complexity index is 326. The Morgan fingerprint density at radius 1 is 1.33 bits per heavy atom. The average molecular weight is 225 g/mol. The zero-order chi connectivity index (χ0) is 10.9. The molecule has 84 valence electrons. The topological polar surface area (TPSA) is 51.8 Å². The van der Waals surface area contributed by atoms with Gasteiger partial charge in [-0.2, -0.15) is 0 Å². The monoisotopic (exact) mass is 225 g/mol. The lowest BCUT2D eigenvalue weighted by Gasteiger charge is -2.27. The molecule has 1 saturated carbocycles. The summed E-state index contributed by atoms with van der Waals surface area (Å²) in [6.45, 7) is 4.56. The van der Waals surface area contributed by atoms with Gasteiger partial charge in [0.15, 0.2) is 0 Å². The quantitative estimate of drug-likeness (QED) is 0.860. The van der Waals surface area contributed by atoms with Crippen molar-refractivity contribution in [3.05, 3.63) is 5.01 Å². The molecule has 2 rings (SSSR count). The van der Waals surface area contributed by atoms with E-state index in [9.17, 15) is 0 Å². The Morgan fingerprint density at radius 2 is 2.00 bits per heavy atom. The summed E-state index contributed by atoms with van der Waals surface area (Å²) in [5, 5.41) is 10.0. The minimum Gasteiger partial charge on any atom is -0.374 e. The molecule has 15 heavy (non-hydrogen) atoms. The van der Waals surface area contributed by atoms with Crippen molar-refractivity contribution in [3.8, 4) is 0 Å². The van der Waals surface area contributed by atoms with Crippen LogP contribution in [0.3, 0.4) is 0 Å². The number of hydrogen-bond donors (Lipinski definition) is 1. The van der Waals surface area contributed by atoms with Gasteiger partial charge in [-0.05, 0) is 25.2 Å². The minimum absolute atomic E-state index is 0.295. The lowest BCUT2D eigenvalue weighted by atomic mass is 9.79. The lowest BCUT2D eigenvalue weighted by Crippen LogP contribution is -2.24. The van der Waals surface area contributed by atoms with E-state index in [0.717, 1.165) is 0 Å². The normalized spacial score (nSPS) is 19.9. The van der Waals surface area contributed by atoms with E-state index in [1.807, 2.05) is 0 Å². The van der Waals surface area contributed by atoms with E-state index < -0.39 is 0 Å². The van der Waals surface area contributed by atoms with Crippen LogP contribution in [0.4, 0.5) is 5.13 Å². The summed E-state index contributed by atoms with van der Waals surface area (Å²) in [4.78, 5) is 0. The smallest absolute Gasteiger partial charge is 0.203 e. The van der Waals surface area contributed by atoms with Crippen molar-refractivity contribution < 1.29 is 0 Å². The molecular weight excluding hydrogens is 206 g/mol. The molecule has 0 amide bonds. The zero-order valence-electron chi connectivity index (χ0n) is 9.49. The third-order valence-electron chi connectivity index (χ3n) is 3.25. The van der Waals surface area contributed by atoms with Crippen molar-refractivity contribution in [2.45, 2.75) is 51.4 Å². The highest BCUT2D eigenvalue weighted by Crippen LogP contribution is 2.46. The van der Waals surface area contributed by atoms with E-state index in [0.29, 0.717) is 16.5 Å². The van der Waals surface area contributed by atoms with Gasteiger partial charge in [-0.1, -0.05) is 38.0 Å². The largest absolute Gasteiger partial charge is 0.374 e. The molecule has 0 spiro atoms. The predicted molar refractivity (Wildman–Crippen MR) is 63.9 cm³/mol. The molecule has 1 fully saturated rings. The molecule has 1 aliphatic rings. The molecule has 3 nitrogen and oxygen atoms in total. The molecule has 0 radical (unpaired) electrons. The van der Waals surface area contributed by atoms with Crippen LogP contribution in [-0.4, -0.2) is 10.2 Å². The number of aromatic nitrogens is 2. The first kappa shape index (κ1) is 10.9. The van der Waals surface area contributed by atoms with Crippen LogP contribution in [0.25, 0.3) is 0 Å². The first-order chi connectivity index (χ1) is 7.12. The second-order valence-corrected chi connectivity index (χ2v) is 6.04. The standard InChI is InChI=1S/C11H19N3S/c1-8(2)7-11(5-3-4-6-11)9-13-14-10(12)15-9/h8H,3-7H2,1-2H3,(H2,12,14). The number of nitrogens with zero attached hydrogens (tertiary/aromatic N) is 2. The summed E-state index contributed by atoms with van der Waals surface area (Å²) in [6, 6.07) is 0. The maximum Gasteiger partial charge on any atom is 0.203 e. The summed E-state index contributed by atoms with van der Waals surface area (Å²) in [5.41, 5.74) is 5.98. The van der Waals surface area contributed by atoms with E-state index in [-0.39, 0.29) is 0 Å². The number of hydrogen-bond acceptors (Lipinski definition) is 4. The number of anilines is 1. The lowest BCUT2D eigenvalue weighted by molar-refractivity contribution is 0.343. The van der Waals surface area contributed by atoms with E-state index in [1.165, 1.54) is 37.1 Å². The maximum absolute atomic E-state index is 5.68. The van der Waals surface area contributed by atoms with Gasteiger partial charge in [-0.3, -0.25) is 0 Å². The van der Waals surface area contributed by atoms with Crippen LogP contribution in [0.15, 0.2) is 0 Å². The highest BCUT2D eigenvalue weighted by Gasteiger charge is 2.39. The van der Waals surface area contributed by atoms with Crippen LogP contribution in [0.5, 0.6) is 0 Å². The van der Waals surface area contributed by atoms with Gasteiger partial charge in [0.05, 0.1) is 0 Å². The van der Waals surface area contributed by atoms with Crippen LogP contribution in [0.2, 0.25) is 0 Å². The third-order valence-corrected chi connectivity index (χ3v) is 4.25. The van der Waals surface area contributed by atoms with Crippen molar-refractivity contribution in [1.29, 1.82) is 0 Å². The van der Waals surface area contributed by atoms with Gasteiger partial charge in [0, 0.05) is 5.41 Å². The van der Waals surface area contributed by atoms with Gasteiger partial charge >= 0.3 is 0 Å². The predicted octanol–water partition coefficient (Wildman–Crippen LogP) is 2.98. The molecule has 4 heteroatoms. The van der Waals surface area contributed by atoms with Gasteiger partial charge in [0.25, 0.3) is 0 Å². The molecule has 0 unspecified atom stereocenters. The Balaban J connectivity index is 2.26. The molecule has 1 aliphatic carbocycles. The third kappa shape index (κ3) is 2.14. The molecular formula is C11H19N3S. The fourth-order valence-electron chi connectivity index (χ4n) is 2.79. The summed E-state index contributed by atoms with van der Waals surface area (Å²) in [6.07, 6.45) is 6.40. The van der Waals surface area contributed by atoms with E-state index in [1.54, 1.807) is 11.3 Å². The van der Waals surface area contributed by atoms with Crippen LogP contribution < -0.4 is 5.73 Å². The first-order valence-corrected chi connectivity index (χ1v) is 6.53. The second-order valence-electron chi connectivity index (χ2n) is 5.03. The molecule has 0 aromatic carbocycles. The van der Waals surface area contributed by atoms with Crippen molar-refractivity contribution in [2.24, 2.45) is 5.92 Å². The first-order valence-electron chi connectivity index (χ1n) is 5.72. The molecule has 1 heterocycles. The second kappa shape index (κ2) is 4.08. The van der Waals surface area contributed by atoms with Gasteiger partial charge in [0.1, 0.15) is 5.01 Å². The van der Waals surface area contributed by atoms with Crippen molar-refractivity contribution in [2.75, 3.05) is 5.73 Å². The fourth-order valence-corrected chi connectivity index (χ4v) is 3.65. The summed E-state index contributed by atoms with van der Waals surface area (Å²) in [7, 11) is 0. The molecule has 0 saturated heterocycles. The van der Waals surface area contributed by atoms with E-state index in [2.05, 4.69) is 24.0 Å². The highest BCUT2D eigenvalue weighted by molar-refractivity contribution is 7.15. The Kier molecular flexibility index (Phi) is 2.96. The Morgan fingerprint density at radius 3 is 2.47 bits per heavy atom. The molecule has 1 aromatic rings. The summed E-state index contributed by atoms with van der Waals surface area (Å²) >= 11 is 1.58. The molecule has 0 bridgehead atoms. The van der Waals surface area contributed by atoms with E-state index in [4.69, 9.17) is 5.73 Å². The molecule has 0 atom stereocenters. The van der Waals surface area contributed by atoms with Crippen molar-refractivity contribution >= 4 is 16.5 Å². The minimum atomic E-state index is 0.295. The number of rotatable bonds is 3. The van der Waals surface area contributed by atoms with Crippen LogP contribution >= 0.6 is 11.3 Å². The zero-order valence-corrected chi connectivity index (χ0v) is 10.3. The molecule has 2 N–H and O–H groups in total. The SMILES string of the molecule is CC(C)CC1(c2nnc(N)s2)CCCC1. The van der Waals surface area contributed by atoms with Gasteiger partial charge < -0.3 is 5.73 Å². The Labute approximate surface area is 95.1 Å². The summed E-state index contributed by atoms with van der Waals surface area (Å²) < 4.78 is 0. The van der Waals surface area contributed by atoms with Gasteiger partial charge in [0.2, 0.25) is 5.13 Å². The van der Waals surface area contributed by atoms with Crippen LogP contribution in [-0.2, 0) is 5.41 Å². The number of nitrogens with two attached hydrogens (primary N) is 1. The summed E-state index contributed by atoms with van der Waals surface area (Å²) in [5.74, 6) is 0.716.